The van der Waals surface area contributed by atoms with Crippen molar-refractivity contribution in [2.45, 2.75) is 83.3 Å². The number of halogens is 4. The van der Waals surface area contributed by atoms with Crippen LogP contribution in [0.3, 0.4) is 0 Å². The molecule has 0 saturated carbocycles. The van der Waals surface area contributed by atoms with Gasteiger partial charge in [-0.2, -0.15) is 8.78 Å². The lowest BCUT2D eigenvalue weighted by Gasteiger charge is -2.42. The van der Waals surface area contributed by atoms with E-state index in [9.17, 15) is 9.59 Å². The van der Waals surface area contributed by atoms with Gasteiger partial charge in [0.2, 0.25) is 11.7 Å². The molecule has 2 aliphatic heterocycles. The lowest BCUT2D eigenvalue weighted by Crippen LogP contribution is -2.50. The number of piperidine rings is 1. The number of rotatable bonds is 11. The average Bonchev–Trinajstić information content (AvgIpc) is 3.70. The number of likely N-dealkylation sites (tertiary alicyclic amines) is 1. The van der Waals surface area contributed by atoms with Crippen molar-refractivity contribution in [1.82, 2.24) is 19.9 Å². The summed E-state index contributed by atoms with van der Waals surface area (Å²) >= 11 is 6.32. The van der Waals surface area contributed by atoms with Crippen LogP contribution in [0.15, 0.2) is 40.9 Å². The van der Waals surface area contributed by atoms with Crippen molar-refractivity contribution in [3.05, 3.63) is 52.9 Å². The van der Waals surface area contributed by atoms with Crippen molar-refractivity contribution in [3.63, 3.8) is 0 Å². The number of furan rings is 1. The monoisotopic (exact) mass is 747 g/mol. The summed E-state index contributed by atoms with van der Waals surface area (Å²) in [6.45, 7) is 7.34. The number of anilines is 1. The number of hydrogen-bond acceptors (Lipinski definition) is 10. The zero-order valence-corrected chi connectivity index (χ0v) is 30.1. The molecule has 1 amide bonds. The largest absolute Gasteiger partial charge is 0.481 e. The number of carboxylic acid groups (broad SMARTS) is 1. The molecule has 52 heavy (non-hydrogen) atoms. The number of nitrogens with zero attached hydrogens (tertiary/aromatic N) is 5. The van der Waals surface area contributed by atoms with E-state index in [0.717, 1.165) is 0 Å². The lowest BCUT2D eigenvalue weighted by molar-refractivity contribution is -0.254. The van der Waals surface area contributed by atoms with Gasteiger partial charge in [0.25, 0.3) is 0 Å². The highest BCUT2D eigenvalue weighted by atomic mass is 35.5. The van der Waals surface area contributed by atoms with Crippen LogP contribution in [0, 0.1) is 5.92 Å². The fourth-order valence-corrected chi connectivity index (χ4v) is 6.72. The second-order valence-corrected chi connectivity index (χ2v) is 14.7. The smallest absolute Gasteiger partial charge is 0.417 e. The quantitative estimate of drug-likeness (QED) is 0.150. The summed E-state index contributed by atoms with van der Waals surface area (Å²) in [5.41, 5.74) is -1.63. The number of aromatic nitrogens is 3. The van der Waals surface area contributed by atoms with E-state index < -0.39 is 53.9 Å². The first-order valence-corrected chi connectivity index (χ1v) is 17.6. The summed E-state index contributed by atoms with van der Waals surface area (Å²) in [6, 6.07) is 8.40. The average molecular weight is 748 g/mol. The molecular formula is C36H41ClF3N5O7. The summed E-state index contributed by atoms with van der Waals surface area (Å²) in [7, 11) is 0. The molecular weight excluding hydrogens is 707 g/mol. The van der Waals surface area contributed by atoms with Gasteiger partial charge in [0.1, 0.15) is 28.5 Å². The normalized spacial score (nSPS) is 21.2. The van der Waals surface area contributed by atoms with Gasteiger partial charge in [0.05, 0.1) is 23.7 Å². The number of pyridine rings is 1. The fourth-order valence-electron chi connectivity index (χ4n) is 6.56. The van der Waals surface area contributed by atoms with Crippen LogP contribution in [0.1, 0.15) is 71.2 Å². The van der Waals surface area contributed by atoms with E-state index in [0.29, 0.717) is 23.9 Å². The molecule has 1 unspecified atom stereocenters. The number of alkyl halides is 3. The van der Waals surface area contributed by atoms with Gasteiger partial charge in [-0.15, -0.1) is 0 Å². The number of carboxylic acids is 1. The van der Waals surface area contributed by atoms with Gasteiger partial charge in [0.15, 0.2) is 11.4 Å². The highest BCUT2D eigenvalue weighted by molar-refractivity contribution is 6.30. The lowest BCUT2D eigenvalue weighted by atomic mass is 9.79. The second-order valence-electron chi connectivity index (χ2n) is 14.3. The maximum absolute atomic E-state index is 17.0. The number of ether oxygens (including phenoxy) is 3. The van der Waals surface area contributed by atoms with Crippen molar-refractivity contribution >= 4 is 51.6 Å². The summed E-state index contributed by atoms with van der Waals surface area (Å²) in [5, 5.41) is 9.58. The Bertz CT molecular complexity index is 1960. The van der Waals surface area contributed by atoms with Crippen molar-refractivity contribution in [2.24, 2.45) is 5.92 Å². The minimum absolute atomic E-state index is 0.0355. The van der Waals surface area contributed by atoms with Gasteiger partial charge in [-0.25, -0.2) is 24.1 Å². The van der Waals surface area contributed by atoms with Gasteiger partial charge in [-0.1, -0.05) is 30.7 Å². The zero-order valence-electron chi connectivity index (χ0n) is 29.3. The molecule has 280 valence electrons. The van der Waals surface area contributed by atoms with E-state index in [1.807, 2.05) is 0 Å². The van der Waals surface area contributed by atoms with E-state index in [2.05, 4.69) is 15.0 Å². The van der Waals surface area contributed by atoms with Crippen molar-refractivity contribution < 1.29 is 46.5 Å². The first-order chi connectivity index (χ1) is 24.5. The molecule has 3 atom stereocenters. The minimum atomic E-state index is -3.88. The molecule has 2 aliphatic rings. The molecule has 1 N–H and O–H groups in total. The van der Waals surface area contributed by atoms with E-state index >= 15 is 13.2 Å². The van der Waals surface area contributed by atoms with Crippen LogP contribution in [-0.4, -0.2) is 81.5 Å². The van der Waals surface area contributed by atoms with Gasteiger partial charge < -0.3 is 33.5 Å². The molecule has 6 rings (SSSR count). The minimum Gasteiger partial charge on any atom is -0.481 e. The highest BCUT2D eigenvalue weighted by Crippen LogP contribution is 2.46. The predicted molar refractivity (Wildman–Crippen MR) is 186 cm³/mol. The van der Waals surface area contributed by atoms with E-state index in [1.165, 1.54) is 17.2 Å². The molecule has 0 aliphatic carbocycles. The molecule has 2 saturated heterocycles. The molecule has 5 heterocycles. The molecule has 16 heteroatoms. The molecule has 3 aromatic heterocycles. The Balaban J connectivity index is 1.23. The second kappa shape index (κ2) is 14.6. The first kappa shape index (κ1) is 37.4. The number of benzene rings is 1. The van der Waals surface area contributed by atoms with E-state index in [4.69, 9.17) is 35.3 Å². The highest BCUT2D eigenvalue weighted by Gasteiger charge is 2.47. The third-order valence-electron chi connectivity index (χ3n) is 9.19. The number of aliphatic carboxylic acids is 1. The van der Waals surface area contributed by atoms with Crippen LogP contribution < -0.4 is 9.64 Å². The van der Waals surface area contributed by atoms with Crippen LogP contribution in [0.2, 0.25) is 5.02 Å². The summed E-state index contributed by atoms with van der Waals surface area (Å²) in [4.78, 5) is 39.6. The number of fused-ring (bicyclic) bond motifs is 3. The molecule has 4 aromatic rings. The molecule has 2 fully saturated rings. The Labute approximate surface area is 303 Å². The summed E-state index contributed by atoms with van der Waals surface area (Å²) in [6.07, 6.45) is -3.06. The van der Waals surface area contributed by atoms with Crippen LogP contribution in [0.25, 0.3) is 22.1 Å². The Hall–Kier alpha value is -4.37. The number of unbranched alkanes of at least 4 members (excludes halogenated alkanes) is 1. The van der Waals surface area contributed by atoms with Crippen molar-refractivity contribution in [3.8, 4) is 5.88 Å². The fraction of sp³-hybridized carbons (Fsp3) is 0.528. The van der Waals surface area contributed by atoms with Crippen LogP contribution in [0.5, 0.6) is 5.88 Å². The van der Waals surface area contributed by atoms with Crippen molar-refractivity contribution in [1.29, 1.82) is 0 Å². The Kier molecular flexibility index (Phi) is 10.5. The van der Waals surface area contributed by atoms with Gasteiger partial charge in [-0.05, 0) is 51.8 Å². The molecule has 0 bridgehead atoms. The third kappa shape index (κ3) is 7.99. The maximum atomic E-state index is 17.0. The number of carbonyl (C=O) groups is 2. The van der Waals surface area contributed by atoms with Crippen molar-refractivity contribution in [2.75, 3.05) is 37.7 Å². The van der Waals surface area contributed by atoms with E-state index in [-0.39, 0.29) is 78.7 Å². The van der Waals surface area contributed by atoms with Gasteiger partial charge in [0, 0.05) is 56.4 Å². The Morgan fingerprint density at radius 3 is 2.63 bits per heavy atom. The standard InChI is InChI=1S/C36H41ClF3N5O7/c1-21-19-45(33(48)52-34(2,3)4)15-13-35(21,38)25-17-22(37)18-41-31(25)50-23-12-14-44(20-23)30-29-28(24-9-5-6-10-26(24)51-29)42-32(43-30)36(39,40)49-16-8-7-11-27(46)47/h5-6,9-10,17-18,21,23H,7-8,11-16,19-20H2,1-4H3,(H,46,47)/t21-,23?,35+/m0/s1. The number of para-hydroxylation sites is 1. The van der Waals surface area contributed by atoms with Crippen LogP contribution in [0.4, 0.5) is 23.8 Å². The molecule has 1 aromatic carbocycles. The number of amides is 1. The van der Waals surface area contributed by atoms with E-state index in [1.54, 1.807) is 56.9 Å². The number of hydrogen-bond donors (Lipinski definition) is 1. The maximum Gasteiger partial charge on any atom is 0.417 e. The van der Waals surface area contributed by atoms with Crippen LogP contribution in [-0.2, 0) is 26.0 Å². The molecule has 0 spiro atoms. The summed E-state index contributed by atoms with van der Waals surface area (Å²) < 4.78 is 70.7. The zero-order chi connectivity index (χ0) is 37.4. The summed E-state index contributed by atoms with van der Waals surface area (Å²) in [5.74, 6) is -2.37. The van der Waals surface area contributed by atoms with Gasteiger partial charge in [-0.3, -0.25) is 4.79 Å². The number of carbonyl (C=O) groups excluding carboxylic acids is 1. The van der Waals surface area contributed by atoms with Gasteiger partial charge >= 0.3 is 18.2 Å². The molecule has 0 radical (unpaired) electrons. The van der Waals surface area contributed by atoms with Crippen LogP contribution >= 0.6 is 11.6 Å². The predicted octanol–water partition coefficient (Wildman–Crippen LogP) is 7.84. The Morgan fingerprint density at radius 2 is 1.90 bits per heavy atom. The third-order valence-corrected chi connectivity index (χ3v) is 9.40. The molecule has 12 nitrogen and oxygen atoms in total. The Morgan fingerprint density at radius 1 is 1.13 bits per heavy atom. The first-order valence-electron chi connectivity index (χ1n) is 17.2. The topological polar surface area (TPSA) is 140 Å². The SMILES string of the molecule is C[C@H]1CN(C(=O)OC(C)(C)C)CC[C@]1(F)c1cc(Cl)cnc1OC1CCN(c2nc(C(F)(F)OCCCCC(=O)O)nc3c2oc2ccccc23)C1.